The van der Waals surface area contributed by atoms with Crippen LogP contribution in [0.15, 0.2) is 18.2 Å². The van der Waals surface area contributed by atoms with Crippen molar-refractivity contribution < 1.29 is 18.4 Å². The fraction of sp³-hybridized carbons (Fsp3) is 0.333. The fourth-order valence-electron chi connectivity index (χ4n) is 1.30. The van der Waals surface area contributed by atoms with Crippen molar-refractivity contribution in [3.05, 3.63) is 29.8 Å². The van der Waals surface area contributed by atoms with E-state index in [1.165, 1.54) is 6.07 Å². The van der Waals surface area contributed by atoms with Crippen LogP contribution in [0.1, 0.15) is 19.8 Å². The molecule has 0 saturated heterocycles. The van der Waals surface area contributed by atoms with Crippen LogP contribution in [0.25, 0.3) is 0 Å². The van der Waals surface area contributed by atoms with Crippen LogP contribution in [-0.4, -0.2) is 18.4 Å². The topological polar surface area (TPSA) is 58.2 Å². The molecular weight excluding hydrogens is 242 g/mol. The number of benzene rings is 1. The molecule has 0 heterocycles. The van der Waals surface area contributed by atoms with Crippen LogP contribution in [0.3, 0.4) is 0 Å². The number of anilines is 1. The third kappa shape index (κ3) is 4.12. The van der Waals surface area contributed by atoms with E-state index in [2.05, 4.69) is 10.6 Å². The molecule has 0 aliphatic heterocycles. The summed E-state index contributed by atoms with van der Waals surface area (Å²) in [6.45, 7) is 1.51. The van der Waals surface area contributed by atoms with E-state index < -0.39 is 23.2 Å². The molecule has 0 saturated carbocycles. The Kier molecular flexibility index (Phi) is 5.23. The van der Waals surface area contributed by atoms with Gasteiger partial charge in [-0.25, -0.2) is 8.78 Å². The first-order valence-corrected chi connectivity index (χ1v) is 5.55. The van der Waals surface area contributed by atoms with Crippen molar-refractivity contribution in [2.24, 2.45) is 0 Å². The average molecular weight is 256 g/mol. The molecule has 1 aromatic rings. The monoisotopic (exact) mass is 256 g/mol. The Morgan fingerprint density at radius 1 is 1.17 bits per heavy atom. The first-order valence-electron chi connectivity index (χ1n) is 5.55. The summed E-state index contributed by atoms with van der Waals surface area (Å²) in [7, 11) is 0. The number of carbonyl (C=O) groups excluding carboxylic acids is 2. The van der Waals surface area contributed by atoms with Crippen LogP contribution in [-0.2, 0) is 9.59 Å². The highest BCUT2D eigenvalue weighted by atomic mass is 19.1. The highest BCUT2D eigenvalue weighted by Crippen LogP contribution is 2.17. The van der Waals surface area contributed by atoms with Gasteiger partial charge in [0, 0.05) is 6.42 Å². The zero-order valence-electron chi connectivity index (χ0n) is 9.93. The zero-order valence-corrected chi connectivity index (χ0v) is 9.93. The minimum absolute atomic E-state index is 0.276. The van der Waals surface area contributed by atoms with Gasteiger partial charge in [0.15, 0.2) is 0 Å². The first kappa shape index (κ1) is 14.1. The third-order valence-corrected chi connectivity index (χ3v) is 2.15. The Bertz CT molecular complexity index is 429. The first-order chi connectivity index (χ1) is 8.54. The van der Waals surface area contributed by atoms with Crippen molar-refractivity contribution in [1.29, 1.82) is 0 Å². The number of hydrogen-bond donors (Lipinski definition) is 2. The molecule has 0 aliphatic carbocycles. The molecule has 0 aromatic heterocycles. The second-order valence-electron chi connectivity index (χ2n) is 3.67. The molecule has 0 spiro atoms. The van der Waals surface area contributed by atoms with Crippen molar-refractivity contribution in [2.45, 2.75) is 19.8 Å². The summed E-state index contributed by atoms with van der Waals surface area (Å²) in [6, 6.07) is 3.27. The van der Waals surface area contributed by atoms with Crippen molar-refractivity contribution >= 4 is 17.5 Å². The minimum Gasteiger partial charge on any atom is -0.347 e. The molecule has 0 bridgehead atoms. The fourth-order valence-corrected chi connectivity index (χ4v) is 1.30. The van der Waals surface area contributed by atoms with Crippen LogP contribution in [0.5, 0.6) is 0 Å². The average Bonchev–Trinajstić information content (AvgIpc) is 2.32. The highest BCUT2D eigenvalue weighted by molar-refractivity contribution is 5.94. The lowest BCUT2D eigenvalue weighted by Crippen LogP contribution is -2.33. The van der Waals surface area contributed by atoms with Crippen LogP contribution < -0.4 is 10.6 Å². The lowest BCUT2D eigenvalue weighted by Gasteiger charge is -2.08. The van der Waals surface area contributed by atoms with E-state index >= 15 is 0 Å². The Hall–Kier alpha value is -1.98. The second kappa shape index (κ2) is 6.68. The van der Waals surface area contributed by atoms with E-state index in [0.717, 1.165) is 12.1 Å². The summed E-state index contributed by atoms with van der Waals surface area (Å²) >= 11 is 0. The van der Waals surface area contributed by atoms with Gasteiger partial charge in [0.2, 0.25) is 11.8 Å². The normalized spacial score (nSPS) is 9.94. The molecule has 6 heteroatoms. The van der Waals surface area contributed by atoms with Gasteiger partial charge in [-0.1, -0.05) is 13.0 Å². The van der Waals surface area contributed by atoms with E-state index in [4.69, 9.17) is 0 Å². The van der Waals surface area contributed by atoms with E-state index in [1.807, 2.05) is 6.92 Å². The van der Waals surface area contributed by atoms with Crippen molar-refractivity contribution in [3.8, 4) is 0 Å². The molecule has 4 nitrogen and oxygen atoms in total. The number of carbonyl (C=O) groups is 2. The van der Waals surface area contributed by atoms with E-state index in [0.29, 0.717) is 12.8 Å². The van der Waals surface area contributed by atoms with Gasteiger partial charge < -0.3 is 10.6 Å². The molecule has 2 amide bonds. The number of amides is 2. The van der Waals surface area contributed by atoms with Gasteiger partial charge in [0.1, 0.15) is 17.3 Å². The van der Waals surface area contributed by atoms with Crippen LogP contribution in [0.2, 0.25) is 0 Å². The number of rotatable bonds is 5. The summed E-state index contributed by atoms with van der Waals surface area (Å²) in [5, 5.41) is 4.42. The molecular formula is C12H14F2N2O2. The molecule has 18 heavy (non-hydrogen) atoms. The number of hydrogen-bond acceptors (Lipinski definition) is 2. The summed E-state index contributed by atoms with van der Waals surface area (Å²) in [5.41, 5.74) is -0.507. The Balaban J connectivity index is 2.52. The molecule has 1 rings (SSSR count). The molecule has 0 atom stereocenters. The Labute approximate surface area is 103 Å². The maximum atomic E-state index is 13.2. The quantitative estimate of drug-likeness (QED) is 0.844. The lowest BCUT2D eigenvalue weighted by atomic mass is 10.3. The summed E-state index contributed by atoms with van der Waals surface area (Å²) in [6.07, 6.45) is 0.969. The zero-order chi connectivity index (χ0) is 13.5. The van der Waals surface area contributed by atoms with Crippen molar-refractivity contribution in [2.75, 3.05) is 11.9 Å². The van der Waals surface area contributed by atoms with Gasteiger partial charge in [-0.2, -0.15) is 0 Å². The van der Waals surface area contributed by atoms with Gasteiger partial charge in [0.05, 0.1) is 6.54 Å². The smallest absolute Gasteiger partial charge is 0.243 e. The molecule has 1 aromatic carbocycles. The van der Waals surface area contributed by atoms with Gasteiger partial charge in [-0.05, 0) is 18.6 Å². The SMILES string of the molecule is CCCC(=O)NCC(=O)Nc1c(F)cccc1F. The standard InChI is InChI=1S/C12H14F2N2O2/c1-2-4-10(17)15-7-11(18)16-12-8(13)5-3-6-9(12)14/h3,5-6H,2,4,7H2,1H3,(H,15,17)(H,16,18). The molecule has 0 aliphatic rings. The molecule has 0 radical (unpaired) electrons. The maximum absolute atomic E-state index is 13.2. The Morgan fingerprint density at radius 3 is 2.33 bits per heavy atom. The van der Waals surface area contributed by atoms with Gasteiger partial charge >= 0.3 is 0 Å². The van der Waals surface area contributed by atoms with Gasteiger partial charge in [0.25, 0.3) is 0 Å². The van der Waals surface area contributed by atoms with Crippen molar-refractivity contribution in [3.63, 3.8) is 0 Å². The van der Waals surface area contributed by atoms with E-state index in [-0.39, 0.29) is 12.5 Å². The largest absolute Gasteiger partial charge is 0.347 e. The third-order valence-electron chi connectivity index (χ3n) is 2.15. The second-order valence-corrected chi connectivity index (χ2v) is 3.67. The van der Waals surface area contributed by atoms with Crippen LogP contribution in [0, 0.1) is 11.6 Å². The predicted molar refractivity (Wildman–Crippen MR) is 62.9 cm³/mol. The van der Waals surface area contributed by atoms with Crippen LogP contribution in [0.4, 0.5) is 14.5 Å². The molecule has 98 valence electrons. The highest BCUT2D eigenvalue weighted by Gasteiger charge is 2.12. The minimum atomic E-state index is -0.858. The lowest BCUT2D eigenvalue weighted by molar-refractivity contribution is -0.124. The maximum Gasteiger partial charge on any atom is 0.243 e. The number of nitrogens with one attached hydrogen (secondary N) is 2. The van der Waals surface area contributed by atoms with E-state index in [1.54, 1.807) is 0 Å². The summed E-state index contributed by atoms with van der Waals surface area (Å²) < 4.78 is 26.4. The number of para-hydroxylation sites is 1. The molecule has 0 fully saturated rings. The van der Waals surface area contributed by atoms with Crippen molar-refractivity contribution in [1.82, 2.24) is 5.32 Å². The molecule has 2 N–H and O–H groups in total. The number of halogens is 2. The van der Waals surface area contributed by atoms with Gasteiger partial charge in [-0.15, -0.1) is 0 Å². The van der Waals surface area contributed by atoms with Crippen LogP contribution >= 0.6 is 0 Å². The van der Waals surface area contributed by atoms with E-state index in [9.17, 15) is 18.4 Å². The summed E-state index contributed by atoms with van der Waals surface area (Å²) in [4.78, 5) is 22.5. The summed E-state index contributed by atoms with van der Waals surface area (Å²) in [5.74, 6) is -2.67. The Morgan fingerprint density at radius 2 is 1.78 bits per heavy atom. The van der Waals surface area contributed by atoms with Gasteiger partial charge in [-0.3, -0.25) is 9.59 Å². The molecule has 0 unspecified atom stereocenters. The predicted octanol–water partition coefficient (Wildman–Crippen LogP) is 1.82.